The molecule has 4 heteroatoms. The van der Waals surface area contributed by atoms with Gasteiger partial charge in [-0.25, -0.2) is 0 Å². The van der Waals surface area contributed by atoms with Crippen LogP contribution in [0.2, 0.25) is 0 Å². The van der Waals surface area contributed by atoms with Crippen LogP contribution in [0.15, 0.2) is 24.5 Å². The van der Waals surface area contributed by atoms with Crippen molar-refractivity contribution in [2.24, 2.45) is 5.73 Å². The first kappa shape index (κ1) is 13.5. The molecule has 100 valence electrons. The molecular formula is C14H23N3O. The number of hydrogen-bond donors (Lipinski definition) is 1. The fraction of sp³-hybridized carbons (Fsp3) is 0.643. The minimum atomic E-state index is 0.0879. The number of aromatic nitrogens is 1. The Kier molecular flexibility index (Phi) is 4.32. The van der Waals surface area contributed by atoms with Gasteiger partial charge in [-0.15, -0.1) is 0 Å². The average molecular weight is 249 g/mol. The monoisotopic (exact) mass is 249 g/mol. The Balaban J connectivity index is 2.20. The van der Waals surface area contributed by atoms with Crippen LogP contribution >= 0.6 is 0 Å². The van der Waals surface area contributed by atoms with Crippen molar-refractivity contribution in [1.82, 2.24) is 9.88 Å². The highest BCUT2D eigenvalue weighted by Crippen LogP contribution is 2.26. The number of nitrogens with two attached hydrogens (primary N) is 1. The maximum absolute atomic E-state index is 6.19. The van der Waals surface area contributed by atoms with Gasteiger partial charge in [-0.1, -0.05) is 0 Å². The van der Waals surface area contributed by atoms with E-state index in [0.29, 0.717) is 0 Å². The van der Waals surface area contributed by atoms with Gasteiger partial charge in [0.2, 0.25) is 0 Å². The quantitative estimate of drug-likeness (QED) is 0.883. The molecule has 0 amide bonds. The van der Waals surface area contributed by atoms with Crippen molar-refractivity contribution in [3.63, 3.8) is 0 Å². The second-order valence-corrected chi connectivity index (χ2v) is 5.30. The standard InChI is InChI=1S/C14H23N3O/c1-10-8-17(9-11(2)18-10)14(12(3)15)13-4-6-16-7-5-13/h4-7,10-12,14H,8-9,15H2,1-3H3. The lowest BCUT2D eigenvalue weighted by molar-refractivity contribution is -0.0831. The van der Waals surface area contributed by atoms with Gasteiger partial charge in [0.05, 0.1) is 12.2 Å². The van der Waals surface area contributed by atoms with Crippen LogP contribution in [0.4, 0.5) is 0 Å². The third kappa shape index (κ3) is 3.07. The zero-order valence-electron chi connectivity index (χ0n) is 11.4. The normalized spacial score (nSPS) is 28.9. The lowest BCUT2D eigenvalue weighted by Crippen LogP contribution is -2.50. The first-order chi connectivity index (χ1) is 8.58. The second-order valence-electron chi connectivity index (χ2n) is 5.30. The Morgan fingerprint density at radius 2 is 1.83 bits per heavy atom. The number of nitrogens with zero attached hydrogens (tertiary/aromatic N) is 2. The topological polar surface area (TPSA) is 51.4 Å². The average Bonchev–Trinajstić information content (AvgIpc) is 2.28. The van der Waals surface area contributed by atoms with Crippen LogP contribution in [0.25, 0.3) is 0 Å². The summed E-state index contributed by atoms with van der Waals surface area (Å²) in [7, 11) is 0. The molecule has 1 saturated heterocycles. The Morgan fingerprint density at radius 3 is 2.33 bits per heavy atom. The SMILES string of the molecule is CC1CN(C(c2ccncc2)C(C)N)CC(C)O1. The number of pyridine rings is 1. The van der Waals surface area contributed by atoms with Crippen molar-refractivity contribution in [2.75, 3.05) is 13.1 Å². The van der Waals surface area contributed by atoms with Crippen molar-refractivity contribution < 1.29 is 4.74 Å². The predicted octanol–water partition coefficient (Wildman–Crippen LogP) is 1.58. The van der Waals surface area contributed by atoms with E-state index < -0.39 is 0 Å². The smallest absolute Gasteiger partial charge is 0.0678 e. The highest BCUT2D eigenvalue weighted by molar-refractivity contribution is 5.17. The van der Waals surface area contributed by atoms with Crippen LogP contribution in [-0.4, -0.2) is 41.2 Å². The Morgan fingerprint density at radius 1 is 1.28 bits per heavy atom. The van der Waals surface area contributed by atoms with Crippen molar-refractivity contribution in [3.05, 3.63) is 30.1 Å². The molecule has 18 heavy (non-hydrogen) atoms. The van der Waals surface area contributed by atoms with Gasteiger partial charge in [0.1, 0.15) is 0 Å². The highest BCUT2D eigenvalue weighted by Gasteiger charge is 2.30. The van der Waals surface area contributed by atoms with Gasteiger partial charge >= 0.3 is 0 Å². The molecule has 2 N–H and O–H groups in total. The molecule has 2 rings (SSSR count). The molecule has 1 aromatic heterocycles. The maximum atomic E-state index is 6.19. The first-order valence-electron chi connectivity index (χ1n) is 6.63. The minimum absolute atomic E-state index is 0.0879. The van der Waals surface area contributed by atoms with E-state index >= 15 is 0 Å². The van der Waals surface area contributed by atoms with Gasteiger partial charge in [0.25, 0.3) is 0 Å². The van der Waals surface area contributed by atoms with E-state index in [1.54, 1.807) is 0 Å². The van der Waals surface area contributed by atoms with E-state index in [2.05, 4.69) is 42.8 Å². The zero-order valence-corrected chi connectivity index (χ0v) is 11.4. The molecule has 0 aliphatic carbocycles. The molecule has 1 aliphatic rings. The van der Waals surface area contributed by atoms with Crippen molar-refractivity contribution in [2.45, 2.75) is 45.1 Å². The van der Waals surface area contributed by atoms with E-state index in [1.807, 2.05) is 12.4 Å². The van der Waals surface area contributed by atoms with E-state index in [0.717, 1.165) is 13.1 Å². The first-order valence-corrected chi connectivity index (χ1v) is 6.63. The third-order valence-electron chi connectivity index (χ3n) is 3.39. The number of ether oxygens (including phenoxy) is 1. The summed E-state index contributed by atoms with van der Waals surface area (Å²) in [6.45, 7) is 8.16. The summed E-state index contributed by atoms with van der Waals surface area (Å²) in [5.74, 6) is 0. The van der Waals surface area contributed by atoms with Gasteiger partial charge in [-0.05, 0) is 38.5 Å². The molecule has 0 bridgehead atoms. The molecule has 1 aromatic rings. The fourth-order valence-corrected chi connectivity index (χ4v) is 2.85. The molecule has 1 fully saturated rings. The Hall–Kier alpha value is -0.970. The Bertz CT molecular complexity index is 359. The fourth-order valence-electron chi connectivity index (χ4n) is 2.85. The molecule has 0 radical (unpaired) electrons. The molecule has 0 saturated carbocycles. The van der Waals surface area contributed by atoms with Crippen molar-refractivity contribution >= 4 is 0 Å². The lowest BCUT2D eigenvalue weighted by atomic mass is 9.98. The van der Waals surface area contributed by atoms with E-state index in [1.165, 1.54) is 5.56 Å². The summed E-state index contributed by atoms with van der Waals surface area (Å²) in [6, 6.07) is 4.43. The van der Waals surface area contributed by atoms with E-state index in [9.17, 15) is 0 Å². The van der Waals surface area contributed by atoms with Crippen molar-refractivity contribution in [3.8, 4) is 0 Å². The van der Waals surface area contributed by atoms with Gasteiger partial charge in [0, 0.05) is 37.6 Å². The summed E-state index contributed by atoms with van der Waals surface area (Å²) >= 11 is 0. The lowest BCUT2D eigenvalue weighted by Gasteiger charge is -2.41. The summed E-state index contributed by atoms with van der Waals surface area (Å²) in [5.41, 5.74) is 7.42. The zero-order chi connectivity index (χ0) is 13.1. The molecular weight excluding hydrogens is 226 g/mol. The molecule has 4 atom stereocenters. The van der Waals surface area contributed by atoms with E-state index in [4.69, 9.17) is 10.5 Å². The molecule has 0 aromatic carbocycles. The number of morpholine rings is 1. The predicted molar refractivity (Wildman–Crippen MR) is 72.2 cm³/mol. The van der Waals surface area contributed by atoms with Crippen molar-refractivity contribution in [1.29, 1.82) is 0 Å². The molecule has 1 aliphatic heterocycles. The van der Waals surface area contributed by atoms with Gasteiger partial charge in [-0.2, -0.15) is 0 Å². The van der Waals surface area contributed by atoms with Crippen LogP contribution in [0, 0.1) is 0 Å². The molecule has 4 unspecified atom stereocenters. The summed E-state index contributed by atoms with van der Waals surface area (Å²) < 4.78 is 5.79. The Labute approximate surface area is 109 Å². The van der Waals surface area contributed by atoms with Crippen LogP contribution in [0.5, 0.6) is 0 Å². The minimum Gasteiger partial charge on any atom is -0.373 e. The van der Waals surface area contributed by atoms with Crippen LogP contribution < -0.4 is 5.73 Å². The van der Waals surface area contributed by atoms with Gasteiger partial charge in [0.15, 0.2) is 0 Å². The third-order valence-corrected chi connectivity index (χ3v) is 3.39. The second kappa shape index (κ2) is 5.78. The molecule has 2 heterocycles. The largest absolute Gasteiger partial charge is 0.373 e. The summed E-state index contributed by atoms with van der Waals surface area (Å²) in [5, 5.41) is 0. The molecule has 4 nitrogen and oxygen atoms in total. The van der Waals surface area contributed by atoms with Crippen LogP contribution in [0.1, 0.15) is 32.4 Å². The highest BCUT2D eigenvalue weighted by atomic mass is 16.5. The van der Waals surface area contributed by atoms with Crippen LogP contribution in [0.3, 0.4) is 0 Å². The number of rotatable bonds is 3. The summed E-state index contributed by atoms with van der Waals surface area (Å²) in [4.78, 5) is 6.51. The molecule has 0 spiro atoms. The van der Waals surface area contributed by atoms with Crippen LogP contribution in [-0.2, 0) is 4.74 Å². The van der Waals surface area contributed by atoms with Gasteiger partial charge < -0.3 is 10.5 Å². The maximum Gasteiger partial charge on any atom is 0.0678 e. The van der Waals surface area contributed by atoms with E-state index in [-0.39, 0.29) is 24.3 Å². The van der Waals surface area contributed by atoms with Gasteiger partial charge in [-0.3, -0.25) is 9.88 Å². The number of hydrogen-bond acceptors (Lipinski definition) is 4. The summed E-state index contributed by atoms with van der Waals surface area (Å²) in [6.07, 6.45) is 4.18.